The summed E-state index contributed by atoms with van der Waals surface area (Å²) in [5.41, 5.74) is 5.47. The molecule has 0 radical (unpaired) electrons. The molecule has 35 heavy (non-hydrogen) atoms. The van der Waals surface area contributed by atoms with Crippen molar-refractivity contribution < 1.29 is 24.1 Å². The SMILES string of the molecule is CCO[C@@H](Cc1ccc(OCC=Cc2ccc(-c3cc(C(C)C)ccc3OC)cc2)cc1)C(=O)O. The molecule has 0 saturated heterocycles. The van der Waals surface area contributed by atoms with Crippen LogP contribution in [0.1, 0.15) is 43.4 Å². The molecule has 5 heteroatoms. The van der Waals surface area contributed by atoms with E-state index in [1.807, 2.05) is 42.5 Å². The third kappa shape index (κ3) is 7.46. The van der Waals surface area contributed by atoms with Gasteiger partial charge in [0.15, 0.2) is 6.10 Å². The first-order chi connectivity index (χ1) is 16.9. The molecule has 3 aromatic rings. The summed E-state index contributed by atoms with van der Waals surface area (Å²) in [6.07, 6.45) is 3.49. The molecule has 0 unspecified atom stereocenters. The summed E-state index contributed by atoms with van der Waals surface area (Å²) in [7, 11) is 1.70. The van der Waals surface area contributed by atoms with E-state index in [-0.39, 0.29) is 0 Å². The van der Waals surface area contributed by atoms with E-state index >= 15 is 0 Å². The molecule has 0 fully saturated rings. The minimum atomic E-state index is -0.950. The standard InChI is InChI=1S/C30H34O5/c1-5-34-29(30(31)32)19-23-10-15-26(16-11-23)35-18-6-7-22-8-12-24(13-9-22)27-20-25(21(2)3)14-17-28(27)33-4/h6-17,20-21,29H,5,18-19H2,1-4H3,(H,31,32)/t29-/m0/s1. The van der Waals surface area contributed by atoms with Gasteiger partial charge in [0.25, 0.3) is 0 Å². The number of ether oxygens (including phenoxy) is 3. The Balaban J connectivity index is 1.56. The number of hydrogen-bond acceptors (Lipinski definition) is 4. The third-order valence-corrected chi connectivity index (χ3v) is 5.76. The fourth-order valence-electron chi connectivity index (χ4n) is 3.77. The average Bonchev–Trinajstić information content (AvgIpc) is 2.87. The van der Waals surface area contributed by atoms with Crippen molar-refractivity contribution in [2.75, 3.05) is 20.3 Å². The predicted molar refractivity (Wildman–Crippen MR) is 140 cm³/mol. The minimum Gasteiger partial charge on any atom is -0.496 e. The molecular weight excluding hydrogens is 440 g/mol. The molecule has 0 aromatic heterocycles. The molecule has 5 nitrogen and oxygen atoms in total. The number of hydrogen-bond donors (Lipinski definition) is 1. The van der Waals surface area contributed by atoms with Gasteiger partial charge >= 0.3 is 5.97 Å². The van der Waals surface area contributed by atoms with Crippen LogP contribution in [0.5, 0.6) is 11.5 Å². The predicted octanol–water partition coefficient (Wildman–Crippen LogP) is 6.61. The molecular formula is C30H34O5. The van der Waals surface area contributed by atoms with E-state index in [0.29, 0.717) is 25.6 Å². The Bertz CT molecular complexity index is 1110. The van der Waals surface area contributed by atoms with Crippen LogP contribution in [-0.4, -0.2) is 37.5 Å². The Labute approximate surface area is 208 Å². The lowest BCUT2D eigenvalue weighted by Crippen LogP contribution is -2.26. The van der Waals surface area contributed by atoms with Crippen LogP contribution in [0.15, 0.2) is 72.8 Å². The van der Waals surface area contributed by atoms with Gasteiger partial charge in [0.1, 0.15) is 18.1 Å². The smallest absolute Gasteiger partial charge is 0.333 e. The van der Waals surface area contributed by atoms with E-state index in [1.54, 1.807) is 14.0 Å². The van der Waals surface area contributed by atoms with Crippen LogP contribution >= 0.6 is 0 Å². The third-order valence-electron chi connectivity index (χ3n) is 5.76. The maximum Gasteiger partial charge on any atom is 0.333 e. The summed E-state index contributed by atoms with van der Waals surface area (Å²) in [6, 6.07) is 22.2. The lowest BCUT2D eigenvalue weighted by molar-refractivity contribution is -0.149. The average molecular weight is 475 g/mol. The van der Waals surface area contributed by atoms with Crippen molar-refractivity contribution in [2.45, 2.75) is 39.2 Å². The first-order valence-corrected chi connectivity index (χ1v) is 11.9. The van der Waals surface area contributed by atoms with Crippen LogP contribution in [0.4, 0.5) is 0 Å². The number of methoxy groups -OCH3 is 1. The zero-order valence-corrected chi connectivity index (χ0v) is 20.9. The lowest BCUT2D eigenvalue weighted by atomic mass is 9.96. The Kier molecular flexibility index (Phi) is 9.50. The summed E-state index contributed by atoms with van der Waals surface area (Å²) >= 11 is 0. The number of benzene rings is 3. The van der Waals surface area contributed by atoms with E-state index in [0.717, 1.165) is 33.8 Å². The van der Waals surface area contributed by atoms with Gasteiger partial charge in [0.05, 0.1) is 7.11 Å². The molecule has 0 bridgehead atoms. The molecule has 1 atom stereocenters. The highest BCUT2D eigenvalue weighted by Gasteiger charge is 2.17. The second-order valence-electron chi connectivity index (χ2n) is 8.58. The normalized spacial score (nSPS) is 12.1. The Morgan fingerprint density at radius 1 is 1.00 bits per heavy atom. The molecule has 0 saturated carbocycles. The first-order valence-electron chi connectivity index (χ1n) is 11.9. The summed E-state index contributed by atoms with van der Waals surface area (Å²) in [5.74, 6) is 1.10. The van der Waals surface area contributed by atoms with Gasteiger partial charge < -0.3 is 19.3 Å². The Morgan fingerprint density at radius 3 is 2.31 bits per heavy atom. The van der Waals surface area contributed by atoms with Gasteiger partial charge in [0, 0.05) is 18.6 Å². The van der Waals surface area contributed by atoms with Gasteiger partial charge in [-0.15, -0.1) is 0 Å². The summed E-state index contributed by atoms with van der Waals surface area (Å²) < 4.78 is 16.6. The van der Waals surface area contributed by atoms with Crippen molar-refractivity contribution in [2.24, 2.45) is 0 Å². The molecule has 0 heterocycles. The number of rotatable bonds is 12. The molecule has 0 spiro atoms. The van der Waals surface area contributed by atoms with Crippen molar-refractivity contribution in [1.29, 1.82) is 0 Å². The van der Waals surface area contributed by atoms with Crippen LogP contribution < -0.4 is 9.47 Å². The topological polar surface area (TPSA) is 65.0 Å². The second kappa shape index (κ2) is 12.8. The van der Waals surface area contributed by atoms with E-state index in [1.165, 1.54) is 5.56 Å². The van der Waals surface area contributed by atoms with Gasteiger partial charge in [0.2, 0.25) is 0 Å². The first kappa shape index (κ1) is 26.0. The highest BCUT2D eigenvalue weighted by Crippen LogP contribution is 2.33. The zero-order valence-electron chi connectivity index (χ0n) is 20.9. The van der Waals surface area contributed by atoms with Crippen LogP contribution in [0, 0.1) is 0 Å². The molecule has 3 rings (SSSR count). The monoisotopic (exact) mass is 474 g/mol. The van der Waals surface area contributed by atoms with Crippen LogP contribution in [-0.2, 0) is 16.0 Å². The summed E-state index contributed by atoms with van der Waals surface area (Å²) in [4.78, 5) is 11.2. The molecule has 3 aromatic carbocycles. The number of carboxylic acid groups (broad SMARTS) is 1. The van der Waals surface area contributed by atoms with E-state index < -0.39 is 12.1 Å². The maximum absolute atomic E-state index is 11.2. The largest absolute Gasteiger partial charge is 0.496 e. The summed E-state index contributed by atoms with van der Waals surface area (Å²) in [6.45, 7) is 6.97. The Morgan fingerprint density at radius 2 is 1.71 bits per heavy atom. The van der Waals surface area contributed by atoms with Gasteiger partial charge in [-0.3, -0.25) is 0 Å². The van der Waals surface area contributed by atoms with Crippen molar-refractivity contribution in [1.82, 2.24) is 0 Å². The van der Waals surface area contributed by atoms with Crippen LogP contribution in [0.3, 0.4) is 0 Å². The van der Waals surface area contributed by atoms with E-state index in [2.05, 4.69) is 50.2 Å². The molecule has 1 N–H and O–H groups in total. The van der Waals surface area contributed by atoms with Gasteiger partial charge in [-0.2, -0.15) is 0 Å². The van der Waals surface area contributed by atoms with Gasteiger partial charge in [-0.25, -0.2) is 4.79 Å². The molecule has 0 amide bonds. The molecule has 184 valence electrons. The van der Waals surface area contributed by atoms with Crippen molar-refractivity contribution >= 4 is 12.0 Å². The van der Waals surface area contributed by atoms with Crippen LogP contribution in [0.25, 0.3) is 17.2 Å². The number of carboxylic acids is 1. The fraction of sp³-hybridized carbons (Fsp3) is 0.300. The van der Waals surface area contributed by atoms with Crippen molar-refractivity contribution in [3.05, 3.63) is 89.5 Å². The molecule has 0 aliphatic carbocycles. The lowest BCUT2D eigenvalue weighted by Gasteiger charge is -2.13. The van der Waals surface area contributed by atoms with Gasteiger partial charge in [-0.1, -0.05) is 62.4 Å². The summed E-state index contributed by atoms with van der Waals surface area (Å²) in [5, 5.41) is 9.22. The minimum absolute atomic E-state index is 0.326. The number of aliphatic carboxylic acids is 1. The zero-order chi connectivity index (χ0) is 25.2. The quantitative estimate of drug-likeness (QED) is 0.320. The van der Waals surface area contributed by atoms with E-state index in [4.69, 9.17) is 14.2 Å². The van der Waals surface area contributed by atoms with Crippen molar-refractivity contribution in [3.8, 4) is 22.6 Å². The van der Waals surface area contributed by atoms with E-state index in [9.17, 15) is 9.90 Å². The van der Waals surface area contributed by atoms with Crippen molar-refractivity contribution in [3.63, 3.8) is 0 Å². The fourth-order valence-corrected chi connectivity index (χ4v) is 3.77. The molecule has 0 aliphatic rings. The maximum atomic E-state index is 11.2. The molecule has 0 aliphatic heterocycles. The number of carbonyl (C=O) groups is 1. The highest BCUT2D eigenvalue weighted by molar-refractivity contribution is 5.73. The van der Waals surface area contributed by atoms with Crippen LogP contribution in [0.2, 0.25) is 0 Å². The highest BCUT2D eigenvalue weighted by atomic mass is 16.5. The second-order valence-corrected chi connectivity index (χ2v) is 8.58. The van der Waals surface area contributed by atoms with Gasteiger partial charge in [-0.05, 0) is 65.4 Å². The Hall–Kier alpha value is -3.57.